The Morgan fingerprint density at radius 1 is 1.29 bits per heavy atom. The standard InChI is InChI=1S/C15H19N3O4S2/c1-11-17-12(10-23-11)8-16-24(20,21)14-6-4-13(5-7-14)22-9-15(19)18(2)3/h4-7,10,16H,8-9H2,1-3H3. The molecule has 1 amide bonds. The number of ether oxygens (including phenoxy) is 1. The second-order valence-corrected chi connectivity index (χ2v) is 8.06. The van der Waals surface area contributed by atoms with Crippen molar-refractivity contribution in [1.29, 1.82) is 0 Å². The lowest BCUT2D eigenvalue weighted by Crippen LogP contribution is -2.27. The molecule has 0 radical (unpaired) electrons. The first kappa shape index (κ1) is 18.4. The Kier molecular flexibility index (Phi) is 5.92. The van der Waals surface area contributed by atoms with Crippen molar-refractivity contribution in [2.45, 2.75) is 18.4 Å². The van der Waals surface area contributed by atoms with E-state index in [1.54, 1.807) is 14.1 Å². The van der Waals surface area contributed by atoms with Gasteiger partial charge in [0.1, 0.15) is 5.75 Å². The van der Waals surface area contributed by atoms with E-state index in [1.807, 2.05) is 12.3 Å². The third-order valence-electron chi connectivity index (χ3n) is 3.11. The summed E-state index contributed by atoms with van der Waals surface area (Å²) in [4.78, 5) is 17.2. The van der Waals surface area contributed by atoms with Gasteiger partial charge in [-0.2, -0.15) is 0 Å². The highest BCUT2D eigenvalue weighted by Gasteiger charge is 2.14. The fraction of sp³-hybridized carbons (Fsp3) is 0.333. The van der Waals surface area contributed by atoms with Crippen molar-refractivity contribution in [2.75, 3.05) is 20.7 Å². The number of aromatic nitrogens is 1. The minimum atomic E-state index is -3.63. The van der Waals surface area contributed by atoms with Crippen LogP contribution < -0.4 is 9.46 Å². The van der Waals surface area contributed by atoms with Gasteiger partial charge in [-0.1, -0.05) is 0 Å². The fourth-order valence-electron chi connectivity index (χ4n) is 1.73. The van der Waals surface area contributed by atoms with E-state index in [0.29, 0.717) is 11.4 Å². The monoisotopic (exact) mass is 369 g/mol. The van der Waals surface area contributed by atoms with Crippen LogP contribution in [0.4, 0.5) is 0 Å². The summed E-state index contributed by atoms with van der Waals surface area (Å²) in [5.74, 6) is 0.256. The van der Waals surface area contributed by atoms with E-state index in [4.69, 9.17) is 4.74 Å². The molecule has 0 unspecified atom stereocenters. The second kappa shape index (κ2) is 7.73. The molecule has 1 heterocycles. The molecular weight excluding hydrogens is 350 g/mol. The molecular formula is C15H19N3O4S2. The van der Waals surface area contributed by atoms with Gasteiger partial charge in [0.2, 0.25) is 10.0 Å². The Balaban J connectivity index is 1.96. The van der Waals surface area contributed by atoms with Crippen LogP contribution in [0.2, 0.25) is 0 Å². The van der Waals surface area contributed by atoms with Gasteiger partial charge in [0.05, 0.1) is 22.1 Å². The van der Waals surface area contributed by atoms with Crippen molar-refractivity contribution < 1.29 is 17.9 Å². The van der Waals surface area contributed by atoms with Crippen LogP contribution in [0.25, 0.3) is 0 Å². The predicted octanol–water partition coefficient (Wildman–Crippen LogP) is 1.40. The summed E-state index contributed by atoms with van der Waals surface area (Å²) >= 11 is 1.47. The average molecular weight is 369 g/mol. The summed E-state index contributed by atoms with van der Waals surface area (Å²) in [5.41, 5.74) is 0.684. The average Bonchev–Trinajstić information content (AvgIpc) is 2.96. The van der Waals surface area contributed by atoms with E-state index >= 15 is 0 Å². The number of nitrogens with zero attached hydrogens (tertiary/aromatic N) is 2. The maximum absolute atomic E-state index is 12.2. The van der Waals surface area contributed by atoms with Crippen molar-refractivity contribution in [3.63, 3.8) is 0 Å². The largest absolute Gasteiger partial charge is 0.484 e. The molecule has 0 atom stereocenters. The van der Waals surface area contributed by atoms with Crippen molar-refractivity contribution >= 4 is 27.3 Å². The van der Waals surface area contributed by atoms with Crippen LogP contribution in [0.5, 0.6) is 5.75 Å². The molecule has 2 aromatic rings. The van der Waals surface area contributed by atoms with E-state index in [1.165, 1.54) is 40.5 Å². The number of carbonyl (C=O) groups excluding carboxylic acids is 1. The summed E-state index contributed by atoms with van der Waals surface area (Å²) in [5, 5.41) is 2.70. The molecule has 0 aliphatic rings. The molecule has 0 aliphatic heterocycles. The Morgan fingerprint density at radius 2 is 1.96 bits per heavy atom. The lowest BCUT2D eigenvalue weighted by Gasteiger charge is -2.11. The number of sulfonamides is 1. The van der Waals surface area contributed by atoms with Crippen LogP contribution >= 0.6 is 11.3 Å². The summed E-state index contributed by atoms with van der Waals surface area (Å²) in [7, 11) is -0.355. The smallest absolute Gasteiger partial charge is 0.259 e. The highest BCUT2D eigenvalue weighted by molar-refractivity contribution is 7.89. The number of hydrogen-bond acceptors (Lipinski definition) is 6. The first-order valence-corrected chi connectivity index (χ1v) is 9.48. The second-order valence-electron chi connectivity index (χ2n) is 5.23. The molecule has 1 aromatic heterocycles. The molecule has 130 valence electrons. The van der Waals surface area contributed by atoms with Gasteiger partial charge in [-0.25, -0.2) is 18.1 Å². The van der Waals surface area contributed by atoms with Crippen molar-refractivity contribution in [2.24, 2.45) is 0 Å². The minimum Gasteiger partial charge on any atom is -0.484 e. The molecule has 0 fully saturated rings. The van der Waals surface area contributed by atoms with Crippen molar-refractivity contribution in [1.82, 2.24) is 14.6 Å². The molecule has 7 nitrogen and oxygen atoms in total. The number of nitrogens with one attached hydrogen (secondary N) is 1. The number of amides is 1. The van der Waals surface area contributed by atoms with Crippen LogP contribution in [-0.2, 0) is 21.4 Å². The lowest BCUT2D eigenvalue weighted by molar-refractivity contribution is -0.130. The summed E-state index contributed by atoms with van der Waals surface area (Å²) in [6.45, 7) is 1.91. The molecule has 1 aromatic carbocycles. The van der Waals surface area contributed by atoms with E-state index in [2.05, 4.69) is 9.71 Å². The van der Waals surface area contributed by atoms with Gasteiger partial charge < -0.3 is 9.64 Å². The summed E-state index contributed by atoms with van der Waals surface area (Å²) in [6.07, 6.45) is 0. The Bertz CT molecular complexity index is 798. The van der Waals surface area contributed by atoms with Gasteiger partial charge in [0, 0.05) is 19.5 Å². The number of likely N-dealkylation sites (N-methyl/N-ethyl adjacent to an activating group) is 1. The van der Waals surface area contributed by atoms with Gasteiger partial charge in [-0.3, -0.25) is 4.79 Å². The molecule has 0 aliphatic carbocycles. The highest BCUT2D eigenvalue weighted by atomic mass is 32.2. The number of rotatable bonds is 7. The molecule has 0 spiro atoms. The zero-order valence-corrected chi connectivity index (χ0v) is 15.3. The number of carbonyl (C=O) groups is 1. The molecule has 0 bridgehead atoms. The van der Waals surface area contributed by atoms with Crippen LogP contribution in [0.3, 0.4) is 0 Å². The fourth-order valence-corrected chi connectivity index (χ4v) is 3.34. The molecule has 2 rings (SSSR count). The highest BCUT2D eigenvalue weighted by Crippen LogP contribution is 2.16. The summed E-state index contributed by atoms with van der Waals surface area (Å²) < 4.78 is 32.3. The molecule has 9 heteroatoms. The van der Waals surface area contributed by atoms with Gasteiger partial charge in [-0.05, 0) is 31.2 Å². The number of benzene rings is 1. The van der Waals surface area contributed by atoms with E-state index < -0.39 is 10.0 Å². The quantitative estimate of drug-likeness (QED) is 0.797. The van der Waals surface area contributed by atoms with Gasteiger partial charge in [0.25, 0.3) is 5.91 Å². The molecule has 0 saturated heterocycles. The van der Waals surface area contributed by atoms with Crippen molar-refractivity contribution in [3.05, 3.63) is 40.3 Å². The topological polar surface area (TPSA) is 88.6 Å². The minimum absolute atomic E-state index is 0.0967. The molecule has 1 N–H and O–H groups in total. The normalized spacial score (nSPS) is 11.3. The number of thiazole rings is 1. The van der Waals surface area contributed by atoms with Crippen LogP contribution in [-0.4, -0.2) is 44.9 Å². The predicted molar refractivity (Wildman–Crippen MR) is 91.5 cm³/mol. The third-order valence-corrected chi connectivity index (χ3v) is 5.34. The SMILES string of the molecule is Cc1nc(CNS(=O)(=O)c2ccc(OCC(=O)N(C)C)cc2)cs1. The maximum atomic E-state index is 12.2. The maximum Gasteiger partial charge on any atom is 0.259 e. The van der Waals surface area contributed by atoms with E-state index in [0.717, 1.165) is 5.01 Å². The molecule has 0 saturated carbocycles. The first-order chi connectivity index (χ1) is 11.3. The number of hydrogen-bond donors (Lipinski definition) is 1. The lowest BCUT2D eigenvalue weighted by atomic mass is 10.3. The van der Waals surface area contributed by atoms with E-state index in [-0.39, 0.29) is 24.0 Å². The Morgan fingerprint density at radius 3 is 2.50 bits per heavy atom. The Labute approximate surface area is 145 Å². The van der Waals surface area contributed by atoms with Crippen LogP contribution in [0.15, 0.2) is 34.5 Å². The first-order valence-electron chi connectivity index (χ1n) is 7.11. The van der Waals surface area contributed by atoms with Crippen LogP contribution in [0.1, 0.15) is 10.7 Å². The van der Waals surface area contributed by atoms with Crippen molar-refractivity contribution in [3.8, 4) is 5.75 Å². The Hall–Kier alpha value is -1.97. The van der Waals surface area contributed by atoms with Gasteiger partial charge in [0.15, 0.2) is 6.61 Å². The third kappa shape index (κ3) is 5.02. The summed E-state index contributed by atoms with van der Waals surface area (Å²) in [6, 6.07) is 5.91. The van der Waals surface area contributed by atoms with Gasteiger partial charge in [-0.15, -0.1) is 11.3 Å². The van der Waals surface area contributed by atoms with Crippen LogP contribution in [0, 0.1) is 6.92 Å². The zero-order valence-electron chi connectivity index (χ0n) is 13.6. The molecule has 24 heavy (non-hydrogen) atoms. The number of aryl methyl sites for hydroxylation is 1. The van der Waals surface area contributed by atoms with Gasteiger partial charge >= 0.3 is 0 Å². The zero-order chi connectivity index (χ0) is 17.7. The van der Waals surface area contributed by atoms with E-state index in [9.17, 15) is 13.2 Å².